The third-order valence-corrected chi connectivity index (χ3v) is 9.00. The average molecular weight is 514 g/mol. The van der Waals surface area contributed by atoms with Gasteiger partial charge in [0.15, 0.2) is 0 Å². The molecule has 5 heteroatoms. The number of rotatable bonds is 8. The molecule has 3 atom stereocenters. The summed E-state index contributed by atoms with van der Waals surface area (Å²) in [4.78, 5) is 12.7. The summed E-state index contributed by atoms with van der Waals surface area (Å²) in [7, 11) is 4.47. The van der Waals surface area contributed by atoms with E-state index in [1.165, 1.54) is 34.9 Å². The molecule has 1 aromatic heterocycles. The number of likely N-dealkylation sites (tertiary alicyclic amines) is 1. The van der Waals surface area contributed by atoms with Gasteiger partial charge in [0.2, 0.25) is 0 Å². The van der Waals surface area contributed by atoms with Crippen LogP contribution in [0.15, 0.2) is 60.8 Å². The van der Waals surface area contributed by atoms with Crippen molar-refractivity contribution in [2.24, 2.45) is 0 Å². The van der Waals surface area contributed by atoms with Crippen molar-refractivity contribution in [2.45, 2.75) is 76.7 Å². The summed E-state index contributed by atoms with van der Waals surface area (Å²) in [5, 5.41) is 4.94. The molecule has 0 aliphatic carbocycles. The monoisotopic (exact) mass is 513 g/mol. The molecule has 2 aromatic carbocycles. The predicted molar refractivity (Wildman–Crippen MR) is 159 cm³/mol. The maximum atomic E-state index is 4.99. The Morgan fingerprint density at radius 3 is 2.37 bits per heavy atom. The molecule has 0 radical (unpaired) electrons. The Hall–Kier alpha value is -2.31. The molecule has 2 aliphatic heterocycles. The summed E-state index contributed by atoms with van der Waals surface area (Å²) >= 11 is 0. The number of fused-ring (bicyclic) bond motifs is 1. The number of piperazine rings is 1. The van der Waals surface area contributed by atoms with Crippen LogP contribution in [0.5, 0.6) is 0 Å². The smallest absolute Gasteiger partial charge is 0.0705 e. The van der Waals surface area contributed by atoms with E-state index in [1.807, 2.05) is 0 Å². The van der Waals surface area contributed by atoms with Crippen molar-refractivity contribution in [3.8, 4) is 0 Å². The number of nitrogens with zero attached hydrogens (tertiary/aromatic N) is 4. The Morgan fingerprint density at radius 1 is 1.00 bits per heavy atom. The highest BCUT2D eigenvalue weighted by Gasteiger charge is 2.38. The first-order chi connectivity index (χ1) is 18.4. The second-order valence-electron chi connectivity index (χ2n) is 12.1. The van der Waals surface area contributed by atoms with Gasteiger partial charge in [-0.15, -0.1) is 0 Å². The molecule has 204 valence electrons. The summed E-state index contributed by atoms with van der Waals surface area (Å²) in [6.07, 6.45) is 6.82. The first kappa shape index (κ1) is 27.3. The van der Waals surface area contributed by atoms with Crippen LogP contribution in [0.3, 0.4) is 0 Å². The molecule has 0 spiro atoms. The van der Waals surface area contributed by atoms with Crippen LogP contribution in [0.4, 0.5) is 0 Å². The van der Waals surface area contributed by atoms with Gasteiger partial charge in [0.1, 0.15) is 0 Å². The van der Waals surface area contributed by atoms with Gasteiger partial charge in [-0.2, -0.15) is 0 Å². The van der Waals surface area contributed by atoms with E-state index in [0.717, 1.165) is 51.1 Å². The molecule has 0 bridgehead atoms. The maximum Gasteiger partial charge on any atom is 0.0705 e. The summed E-state index contributed by atoms with van der Waals surface area (Å²) in [5.41, 5.74) is 5.43. The van der Waals surface area contributed by atoms with Gasteiger partial charge in [-0.1, -0.05) is 55.8 Å². The fraction of sp³-hybridized carbons (Fsp3) is 0.545. The SMILES string of the molecule is CCC[C@H](c1cnc2cc(CN3CCC(c4ccccc4)(N(C)C)CC3)ccc2c1)N1C[C@@H](C)N[C@@H](C)C1. The normalized spacial score (nSPS) is 23.6. The third kappa shape index (κ3) is 5.81. The van der Waals surface area contributed by atoms with E-state index in [0.29, 0.717) is 18.1 Å². The van der Waals surface area contributed by atoms with Crippen molar-refractivity contribution in [2.75, 3.05) is 40.3 Å². The molecule has 5 rings (SSSR count). The minimum absolute atomic E-state index is 0.133. The molecule has 5 nitrogen and oxygen atoms in total. The Kier molecular flexibility index (Phi) is 8.49. The number of hydrogen-bond donors (Lipinski definition) is 1. The van der Waals surface area contributed by atoms with Crippen LogP contribution in [0.2, 0.25) is 0 Å². The van der Waals surface area contributed by atoms with Gasteiger partial charge in [0.05, 0.1) is 5.52 Å². The Morgan fingerprint density at radius 2 is 1.71 bits per heavy atom. The van der Waals surface area contributed by atoms with E-state index in [9.17, 15) is 0 Å². The van der Waals surface area contributed by atoms with Gasteiger partial charge in [-0.05, 0) is 76.0 Å². The second-order valence-corrected chi connectivity index (χ2v) is 12.1. The van der Waals surface area contributed by atoms with Gasteiger partial charge in [0.25, 0.3) is 0 Å². The molecule has 0 amide bonds. The molecule has 1 N–H and O–H groups in total. The number of nitrogens with one attached hydrogen (secondary N) is 1. The van der Waals surface area contributed by atoms with Crippen LogP contribution in [-0.4, -0.2) is 72.0 Å². The minimum Gasteiger partial charge on any atom is -0.309 e. The quantitative estimate of drug-likeness (QED) is 0.411. The lowest BCUT2D eigenvalue weighted by Gasteiger charge is -2.46. The van der Waals surface area contributed by atoms with Crippen molar-refractivity contribution >= 4 is 10.9 Å². The van der Waals surface area contributed by atoms with Crippen LogP contribution in [-0.2, 0) is 12.1 Å². The number of piperidine rings is 1. The topological polar surface area (TPSA) is 34.6 Å². The summed E-state index contributed by atoms with van der Waals surface area (Å²) in [6, 6.07) is 21.9. The van der Waals surface area contributed by atoms with E-state index in [2.05, 4.69) is 116 Å². The molecular weight excluding hydrogens is 466 g/mol. The predicted octanol–water partition coefficient (Wildman–Crippen LogP) is 5.81. The summed E-state index contributed by atoms with van der Waals surface area (Å²) < 4.78 is 0. The van der Waals surface area contributed by atoms with Gasteiger partial charge >= 0.3 is 0 Å². The standard InChI is InChI=1S/C33H47N5/c1-6-10-32(38-22-25(2)35-26(3)23-38)29-20-28-14-13-27(19-31(28)34-21-29)24-37-17-15-33(16-18-37,36(4)5)30-11-8-7-9-12-30/h7-9,11-14,19-21,25-26,32,35H,6,10,15-18,22-24H2,1-5H3/t25-,26+,32-/m1/s1. The lowest BCUT2D eigenvalue weighted by atomic mass is 9.79. The van der Waals surface area contributed by atoms with Crippen molar-refractivity contribution in [3.05, 3.63) is 77.5 Å². The van der Waals surface area contributed by atoms with Crippen molar-refractivity contribution in [3.63, 3.8) is 0 Å². The highest BCUT2D eigenvalue weighted by Crippen LogP contribution is 2.38. The van der Waals surface area contributed by atoms with Crippen molar-refractivity contribution < 1.29 is 0 Å². The molecule has 38 heavy (non-hydrogen) atoms. The van der Waals surface area contributed by atoms with Gasteiger partial charge < -0.3 is 5.32 Å². The fourth-order valence-corrected chi connectivity index (χ4v) is 7.00. The molecule has 2 saturated heterocycles. The zero-order valence-electron chi connectivity index (χ0n) is 24.2. The largest absolute Gasteiger partial charge is 0.309 e. The number of benzene rings is 2. The maximum absolute atomic E-state index is 4.99. The summed E-state index contributed by atoms with van der Waals surface area (Å²) in [5.74, 6) is 0. The second kappa shape index (κ2) is 11.8. The lowest BCUT2D eigenvalue weighted by Crippen LogP contribution is -2.55. The van der Waals surface area contributed by atoms with Crippen LogP contribution >= 0.6 is 0 Å². The van der Waals surface area contributed by atoms with E-state index in [-0.39, 0.29) is 5.54 Å². The number of pyridine rings is 1. The van der Waals surface area contributed by atoms with Crippen LogP contribution in [0.1, 0.15) is 69.2 Å². The Balaban J connectivity index is 1.28. The van der Waals surface area contributed by atoms with Crippen LogP contribution in [0.25, 0.3) is 10.9 Å². The molecule has 2 fully saturated rings. The van der Waals surface area contributed by atoms with Crippen molar-refractivity contribution in [1.82, 2.24) is 25.0 Å². The highest BCUT2D eigenvalue weighted by atomic mass is 15.2. The first-order valence-corrected chi connectivity index (χ1v) is 14.7. The van der Waals surface area contributed by atoms with Gasteiger partial charge in [-0.3, -0.25) is 19.7 Å². The van der Waals surface area contributed by atoms with E-state index in [1.54, 1.807) is 0 Å². The van der Waals surface area contributed by atoms with E-state index in [4.69, 9.17) is 4.98 Å². The highest BCUT2D eigenvalue weighted by molar-refractivity contribution is 5.79. The van der Waals surface area contributed by atoms with Gasteiger partial charge in [-0.25, -0.2) is 0 Å². The molecule has 0 saturated carbocycles. The first-order valence-electron chi connectivity index (χ1n) is 14.7. The Bertz CT molecular complexity index is 1170. The number of aromatic nitrogens is 1. The fourth-order valence-electron chi connectivity index (χ4n) is 7.00. The zero-order valence-corrected chi connectivity index (χ0v) is 24.2. The average Bonchev–Trinajstić information content (AvgIpc) is 2.92. The Labute approximate surface area is 230 Å². The third-order valence-electron chi connectivity index (χ3n) is 9.00. The van der Waals surface area contributed by atoms with E-state index < -0.39 is 0 Å². The molecule has 3 heterocycles. The molecular formula is C33H47N5. The molecule has 3 aromatic rings. The lowest BCUT2D eigenvalue weighted by molar-refractivity contribution is 0.0507. The van der Waals surface area contributed by atoms with Crippen LogP contribution < -0.4 is 5.32 Å². The van der Waals surface area contributed by atoms with E-state index >= 15 is 0 Å². The number of hydrogen-bond acceptors (Lipinski definition) is 5. The van der Waals surface area contributed by atoms with Crippen LogP contribution in [0, 0.1) is 0 Å². The van der Waals surface area contributed by atoms with Gasteiger partial charge in [0, 0.05) is 68.0 Å². The molecule has 0 unspecified atom stereocenters. The zero-order chi connectivity index (χ0) is 26.7. The molecule has 2 aliphatic rings. The summed E-state index contributed by atoms with van der Waals surface area (Å²) in [6.45, 7) is 12.3. The van der Waals surface area contributed by atoms with Crippen molar-refractivity contribution in [1.29, 1.82) is 0 Å². The minimum atomic E-state index is 0.133.